The van der Waals surface area contributed by atoms with Crippen molar-refractivity contribution >= 4 is 33.2 Å². The zero-order valence-corrected chi connectivity index (χ0v) is 11.7. The Morgan fingerprint density at radius 2 is 1.95 bits per heavy atom. The maximum absolute atomic E-state index is 6.02. The van der Waals surface area contributed by atoms with E-state index >= 15 is 0 Å². The molecule has 0 unspecified atom stereocenters. The Balaban J connectivity index is 1.85. The largest absolute Gasteiger partial charge is 0.309 e. The van der Waals surface area contributed by atoms with Crippen LogP contribution in [0, 0.1) is 0 Å². The summed E-state index contributed by atoms with van der Waals surface area (Å²) >= 11 is 7.72. The molecule has 0 saturated carbocycles. The first-order chi connectivity index (χ1) is 9.29. The number of nitrogens with zero attached hydrogens (tertiary/aromatic N) is 1. The van der Waals surface area contributed by atoms with E-state index in [0.717, 1.165) is 33.3 Å². The molecule has 3 aromatic rings. The fourth-order valence-corrected chi connectivity index (χ4v) is 3.69. The predicted octanol–water partition coefficient (Wildman–Crippen LogP) is 4.22. The van der Waals surface area contributed by atoms with Crippen LogP contribution in [0.1, 0.15) is 11.1 Å². The molecule has 0 spiro atoms. The highest BCUT2D eigenvalue weighted by Crippen LogP contribution is 2.33. The van der Waals surface area contributed by atoms with Crippen LogP contribution >= 0.6 is 22.9 Å². The normalized spacial score (nSPS) is 13.9. The number of hydrogen-bond donors (Lipinski definition) is 1. The highest BCUT2D eigenvalue weighted by molar-refractivity contribution is 7.21. The topological polar surface area (TPSA) is 24.9 Å². The van der Waals surface area contributed by atoms with Crippen molar-refractivity contribution in [1.82, 2.24) is 10.3 Å². The molecular formula is C15H11ClN2S. The van der Waals surface area contributed by atoms with Gasteiger partial charge in [0.15, 0.2) is 0 Å². The zero-order valence-electron chi connectivity index (χ0n) is 10.1. The Kier molecular flexibility index (Phi) is 2.58. The molecule has 1 aliphatic rings. The predicted molar refractivity (Wildman–Crippen MR) is 80.6 cm³/mol. The van der Waals surface area contributed by atoms with Crippen LogP contribution in [-0.4, -0.2) is 4.98 Å². The van der Waals surface area contributed by atoms with Crippen LogP contribution < -0.4 is 5.32 Å². The van der Waals surface area contributed by atoms with Gasteiger partial charge in [-0.25, -0.2) is 4.98 Å². The Hall–Kier alpha value is -1.42. The lowest BCUT2D eigenvalue weighted by Gasteiger charge is -2.00. The molecule has 0 fully saturated rings. The minimum absolute atomic E-state index is 0.765. The van der Waals surface area contributed by atoms with Crippen LogP contribution in [0.3, 0.4) is 0 Å². The van der Waals surface area contributed by atoms with E-state index in [2.05, 4.69) is 28.5 Å². The number of aromatic nitrogens is 1. The van der Waals surface area contributed by atoms with Gasteiger partial charge in [-0.3, -0.25) is 0 Å². The zero-order chi connectivity index (χ0) is 12.8. The van der Waals surface area contributed by atoms with Gasteiger partial charge < -0.3 is 5.32 Å². The minimum Gasteiger partial charge on any atom is -0.309 e. The minimum atomic E-state index is 0.765. The van der Waals surface area contributed by atoms with E-state index in [0.29, 0.717) is 0 Å². The number of nitrogens with one attached hydrogen (secondary N) is 1. The van der Waals surface area contributed by atoms with Gasteiger partial charge in [0.25, 0.3) is 0 Å². The van der Waals surface area contributed by atoms with E-state index in [9.17, 15) is 0 Å². The van der Waals surface area contributed by atoms with Crippen molar-refractivity contribution in [2.75, 3.05) is 0 Å². The summed E-state index contributed by atoms with van der Waals surface area (Å²) in [7, 11) is 0. The number of rotatable bonds is 1. The molecule has 0 aliphatic carbocycles. The second-order valence-corrected chi connectivity index (χ2v) is 6.19. The lowest BCUT2D eigenvalue weighted by Crippen LogP contribution is -1.99. The van der Waals surface area contributed by atoms with Gasteiger partial charge in [-0.1, -0.05) is 23.7 Å². The van der Waals surface area contributed by atoms with Crippen LogP contribution in [0.2, 0.25) is 5.02 Å². The van der Waals surface area contributed by atoms with E-state index < -0.39 is 0 Å². The Bertz CT molecular complexity index is 779. The summed E-state index contributed by atoms with van der Waals surface area (Å²) in [6.45, 7) is 1.94. The average molecular weight is 287 g/mol. The lowest BCUT2D eigenvalue weighted by atomic mass is 10.1. The summed E-state index contributed by atoms with van der Waals surface area (Å²) < 4.78 is 1.14. The van der Waals surface area contributed by atoms with Gasteiger partial charge in [-0.05, 0) is 35.4 Å². The highest BCUT2D eigenvalue weighted by atomic mass is 35.5. The summed E-state index contributed by atoms with van der Waals surface area (Å²) in [5.41, 5.74) is 4.99. The number of hydrogen-bond acceptors (Lipinski definition) is 3. The smallest absolute Gasteiger partial charge is 0.124 e. The quantitative estimate of drug-likeness (QED) is 0.724. The molecule has 0 radical (unpaired) electrons. The van der Waals surface area contributed by atoms with Crippen LogP contribution in [0.15, 0.2) is 36.4 Å². The number of thiazole rings is 1. The summed E-state index contributed by atoms with van der Waals surface area (Å²) in [6.07, 6.45) is 0. The third-order valence-electron chi connectivity index (χ3n) is 3.43. The molecule has 2 heterocycles. The van der Waals surface area contributed by atoms with Crippen LogP contribution in [0.4, 0.5) is 0 Å². The first-order valence-electron chi connectivity index (χ1n) is 6.18. The van der Waals surface area contributed by atoms with Crippen molar-refractivity contribution in [2.24, 2.45) is 0 Å². The molecule has 1 aliphatic heterocycles. The molecule has 0 atom stereocenters. The monoisotopic (exact) mass is 286 g/mol. The van der Waals surface area contributed by atoms with Gasteiger partial charge in [0.1, 0.15) is 5.01 Å². The molecule has 0 bridgehead atoms. The van der Waals surface area contributed by atoms with Crippen molar-refractivity contribution in [1.29, 1.82) is 0 Å². The average Bonchev–Trinajstić information content (AvgIpc) is 3.02. The molecule has 1 aromatic heterocycles. The maximum Gasteiger partial charge on any atom is 0.124 e. The van der Waals surface area contributed by atoms with E-state index in [1.54, 1.807) is 11.3 Å². The van der Waals surface area contributed by atoms with Gasteiger partial charge in [0.05, 0.1) is 10.2 Å². The summed E-state index contributed by atoms with van der Waals surface area (Å²) in [5.74, 6) is 0. The van der Waals surface area contributed by atoms with Crippen LogP contribution in [0.5, 0.6) is 0 Å². The maximum atomic E-state index is 6.02. The van der Waals surface area contributed by atoms with Gasteiger partial charge in [0, 0.05) is 23.7 Å². The molecule has 94 valence electrons. The Morgan fingerprint density at radius 1 is 1.05 bits per heavy atom. The molecule has 0 saturated heterocycles. The Morgan fingerprint density at radius 3 is 2.89 bits per heavy atom. The number of fused-ring (bicyclic) bond motifs is 2. The van der Waals surface area contributed by atoms with E-state index in [4.69, 9.17) is 11.6 Å². The summed E-state index contributed by atoms with van der Waals surface area (Å²) in [5, 5.41) is 5.19. The van der Waals surface area contributed by atoms with Crippen molar-refractivity contribution in [3.05, 3.63) is 52.5 Å². The lowest BCUT2D eigenvalue weighted by molar-refractivity contribution is 0.765. The second-order valence-electron chi connectivity index (χ2n) is 4.72. The first kappa shape index (κ1) is 11.4. The molecule has 2 nitrogen and oxygen atoms in total. The molecular weight excluding hydrogens is 276 g/mol. The molecule has 1 N–H and O–H groups in total. The van der Waals surface area contributed by atoms with Gasteiger partial charge >= 0.3 is 0 Å². The van der Waals surface area contributed by atoms with Gasteiger partial charge in [-0.2, -0.15) is 0 Å². The van der Waals surface area contributed by atoms with Crippen molar-refractivity contribution in [3.8, 4) is 10.6 Å². The molecule has 4 rings (SSSR count). The number of halogens is 1. The van der Waals surface area contributed by atoms with Crippen LogP contribution in [0.25, 0.3) is 20.8 Å². The molecule has 2 aromatic carbocycles. The second kappa shape index (κ2) is 4.30. The molecule has 4 heteroatoms. The molecule has 19 heavy (non-hydrogen) atoms. The third kappa shape index (κ3) is 1.94. The fraction of sp³-hybridized carbons (Fsp3) is 0.133. The van der Waals surface area contributed by atoms with E-state index in [1.165, 1.54) is 16.7 Å². The SMILES string of the molecule is Clc1ccc2nc(-c3ccc4c(c3)CNC4)sc2c1. The summed E-state index contributed by atoms with van der Waals surface area (Å²) in [4.78, 5) is 4.69. The van der Waals surface area contributed by atoms with Crippen molar-refractivity contribution in [2.45, 2.75) is 13.1 Å². The highest BCUT2D eigenvalue weighted by Gasteiger charge is 2.13. The summed E-state index contributed by atoms with van der Waals surface area (Å²) in [6, 6.07) is 12.4. The van der Waals surface area contributed by atoms with Gasteiger partial charge in [-0.15, -0.1) is 11.3 Å². The van der Waals surface area contributed by atoms with Crippen molar-refractivity contribution in [3.63, 3.8) is 0 Å². The van der Waals surface area contributed by atoms with E-state index in [1.807, 2.05) is 18.2 Å². The van der Waals surface area contributed by atoms with Gasteiger partial charge in [0.2, 0.25) is 0 Å². The Labute approximate surface area is 120 Å². The van der Waals surface area contributed by atoms with Crippen LogP contribution in [-0.2, 0) is 13.1 Å². The molecule has 0 amide bonds. The standard InChI is InChI=1S/C15H11ClN2S/c16-12-3-4-13-14(6-12)19-15(18-13)9-1-2-10-7-17-8-11(10)5-9/h1-6,17H,7-8H2. The first-order valence-corrected chi connectivity index (χ1v) is 7.38. The third-order valence-corrected chi connectivity index (χ3v) is 4.74. The van der Waals surface area contributed by atoms with E-state index in [-0.39, 0.29) is 0 Å². The van der Waals surface area contributed by atoms with Crippen molar-refractivity contribution < 1.29 is 0 Å². The fourth-order valence-electron chi connectivity index (χ4n) is 2.45. The number of benzene rings is 2.